The van der Waals surface area contributed by atoms with E-state index in [2.05, 4.69) is 172 Å². The molecule has 0 aliphatic heterocycles. The average molecular weight is 685 g/mol. The van der Waals surface area contributed by atoms with E-state index in [1.807, 2.05) is 0 Å². The molecule has 4 nitrogen and oxygen atoms in total. The molecule has 7 heteroatoms. The Morgan fingerprint density at radius 2 is 0.543 bits per heavy atom. The van der Waals surface area contributed by atoms with Gasteiger partial charge in [0.25, 0.3) is 0 Å². The molecule has 260 valence electrons. The van der Waals surface area contributed by atoms with E-state index in [4.69, 9.17) is 13.3 Å². The molecule has 1 aliphatic carbocycles. The molecule has 0 amide bonds. The second-order valence-corrected chi connectivity index (χ2v) is 32.3. The van der Waals surface area contributed by atoms with Crippen LogP contribution in [-0.2, 0) is 13.3 Å². The monoisotopic (exact) mass is 684 g/mol. The summed E-state index contributed by atoms with van der Waals surface area (Å²) in [5.74, 6) is 25.2. The number of hydrogen-bond donors (Lipinski definition) is 1. The van der Waals surface area contributed by atoms with Crippen molar-refractivity contribution in [3.63, 3.8) is 0 Å². The van der Waals surface area contributed by atoms with Crippen LogP contribution in [0.1, 0.15) is 125 Å². The zero-order valence-corrected chi connectivity index (χ0v) is 35.7. The SMILES string of the molecule is CC(C)[Si](OC1C#CC#C[C@H](O[Si](C(C)C)(C(C)C)C(C)C)[C@@H](O[Si](C(C)C)(C(C)C)C(C)C)C#CC#C[C@@H]1O)(C(C)C)C(C)C. The standard InChI is InChI=1S/C39H68O4Si3/c1-27(2)44(28(3)4,29(5)6)41-37-24-21-22-26-39(43-46(33(13)14,34(15)16)35(17)18)38(25-20-19-23-36(37)40)42-45(30(7)8,31(9)10)32(11)12/h27-40H,1-18H3/t36-,37?,38-,39-/m0/s1. The second kappa shape index (κ2) is 17.9. The van der Waals surface area contributed by atoms with Gasteiger partial charge in [-0.05, 0) is 73.6 Å². The highest BCUT2D eigenvalue weighted by Gasteiger charge is 2.51. The molecule has 0 saturated heterocycles. The molecule has 1 aliphatic rings. The van der Waals surface area contributed by atoms with Crippen molar-refractivity contribution in [2.45, 2.75) is 199 Å². The van der Waals surface area contributed by atoms with Crippen LogP contribution in [-0.4, -0.2) is 54.5 Å². The summed E-state index contributed by atoms with van der Waals surface area (Å²) in [6, 6.07) is 0. The Balaban J connectivity index is 4.01. The van der Waals surface area contributed by atoms with Gasteiger partial charge in [-0.1, -0.05) is 148 Å². The smallest absolute Gasteiger partial charge is 0.202 e. The molecular formula is C39H68O4Si3. The maximum atomic E-state index is 11.3. The van der Waals surface area contributed by atoms with Crippen LogP contribution < -0.4 is 0 Å². The molecule has 0 aromatic heterocycles. The van der Waals surface area contributed by atoms with E-state index in [1.54, 1.807) is 0 Å². The highest BCUT2D eigenvalue weighted by molar-refractivity contribution is 6.78. The van der Waals surface area contributed by atoms with Crippen molar-refractivity contribution >= 4 is 25.0 Å². The van der Waals surface area contributed by atoms with Gasteiger partial charge in [0.15, 0.2) is 6.10 Å². The quantitative estimate of drug-likeness (QED) is 0.138. The maximum absolute atomic E-state index is 11.3. The van der Waals surface area contributed by atoms with Gasteiger partial charge in [-0.3, -0.25) is 0 Å². The van der Waals surface area contributed by atoms with E-state index in [9.17, 15) is 5.11 Å². The first-order chi connectivity index (χ1) is 21.2. The summed E-state index contributed by atoms with van der Waals surface area (Å²) in [4.78, 5) is 0. The van der Waals surface area contributed by atoms with Gasteiger partial charge in [-0.15, -0.1) is 0 Å². The van der Waals surface area contributed by atoms with Crippen LogP contribution >= 0.6 is 0 Å². The summed E-state index contributed by atoms with van der Waals surface area (Å²) < 4.78 is 21.6. The predicted octanol–water partition coefficient (Wildman–Crippen LogP) is 10.1. The third-order valence-corrected chi connectivity index (χ3v) is 28.9. The number of aliphatic hydroxyl groups is 1. The molecule has 46 heavy (non-hydrogen) atoms. The molecule has 0 aromatic rings. The minimum absolute atomic E-state index is 0.339. The first kappa shape index (κ1) is 42.8. The van der Waals surface area contributed by atoms with Crippen molar-refractivity contribution in [3.05, 3.63) is 0 Å². The van der Waals surface area contributed by atoms with Crippen LogP contribution in [0.25, 0.3) is 0 Å². The van der Waals surface area contributed by atoms with Crippen LogP contribution in [0.4, 0.5) is 0 Å². The minimum atomic E-state index is -2.38. The number of rotatable bonds is 15. The maximum Gasteiger partial charge on any atom is 0.202 e. The summed E-state index contributed by atoms with van der Waals surface area (Å²) in [7, 11) is -7.10. The zero-order valence-electron chi connectivity index (χ0n) is 32.7. The molecule has 0 bridgehead atoms. The van der Waals surface area contributed by atoms with Crippen LogP contribution in [0.15, 0.2) is 0 Å². The first-order valence-corrected chi connectivity index (χ1v) is 24.3. The Bertz CT molecular complexity index is 1150. The molecule has 0 fully saturated rings. The van der Waals surface area contributed by atoms with E-state index < -0.39 is 49.4 Å². The molecule has 1 rings (SSSR count). The fourth-order valence-corrected chi connectivity index (χ4v) is 25.2. The summed E-state index contributed by atoms with van der Waals surface area (Å²) in [5, 5.41) is 11.3. The van der Waals surface area contributed by atoms with E-state index in [0.717, 1.165) is 0 Å². The van der Waals surface area contributed by atoms with Gasteiger partial charge in [0.2, 0.25) is 25.0 Å². The Kier molecular flexibility index (Phi) is 16.7. The number of hydrogen-bond acceptors (Lipinski definition) is 4. The molecule has 0 saturated carbocycles. The summed E-state index contributed by atoms with van der Waals surface area (Å²) in [6.07, 6.45) is -3.04. The summed E-state index contributed by atoms with van der Waals surface area (Å²) in [5.41, 5.74) is 3.21. The largest absolute Gasteiger partial charge is 0.399 e. The van der Waals surface area contributed by atoms with Crippen molar-refractivity contribution in [3.8, 4) is 47.4 Å². The minimum Gasteiger partial charge on any atom is -0.399 e. The highest BCUT2D eigenvalue weighted by Crippen LogP contribution is 2.46. The van der Waals surface area contributed by atoms with Crippen molar-refractivity contribution in [2.75, 3.05) is 0 Å². The highest BCUT2D eigenvalue weighted by atomic mass is 28.4. The van der Waals surface area contributed by atoms with Gasteiger partial charge >= 0.3 is 0 Å². The predicted molar refractivity (Wildman–Crippen MR) is 205 cm³/mol. The van der Waals surface area contributed by atoms with Gasteiger partial charge in [0, 0.05) is 0 Å². The Hall–Kier alpha value is -1.27. The lowest BCUT2D eigenvalue weighted by Crippen LogP contribution is -2.56. The van der Waals surface area contributed by atoms with Crippen molar-refractivity contribution in [2.24, 2.45) is 0 Å². The lowest BCUT2D eigenvalue weighted by Gasteiger charge is -2.47. The van der Waals surface area contributed by atoms with E-state index in [1.165, 1.54) is 0 Å². The fraction of sp³-hybridized carbons (Fsp3) is 0.795. The third kappa shape index (κ3) is 9.24. The van der Waals surface area contributed by atoms with Gasteiger partial charge in [0.05, 0.1) is 0 Å². The van der Waals surface area contributed by atoms with Gasteiger partial charge in [-0.25, -0.2) is 0 Å². The fourth-order valence-electron chi connectivity index (χ4n) is 8.90. The topological polar surface area (TPSA) is 47.9 Å². The summed E-state index contributed by atoms with van der Waals surface area (Å²) >= 11 is 0. The molecule has 1 N–H and O–H groups in total. The van der Waals surface area contributed by atoms with Crippen LogP contribution in [0.3, 0.4) is 0 Å². The van der Waals surface area contributed by atoms with E-state index >= 15 is 0 Å². The van der Waals surface area contributed by atoms with Gasteiger partial charge < -0.3 is 18.4 Å². The van der Waals surface area contributed by atoms with E-state index in [-0.39, 0.29) is 0 Å². The zero-order chi connectivity index (χ0) is 35.8. The van der Waals surface area contributed by atoms with Crippen LogP contribution in [0.2, 0.25) is 49.9 Å². The molecule has 0 radical (unpaired) electrons. The Morgan fingerprint density at radius 3 is 0.783 bits per heavy atom. The lowest BCUT2D eigenvalue weighted by atomic mass is 10.2. The molecular weight excluding hydrogens is 617 g/mol. The number of aliphatic hydroxyl groups excluding tert-OH is 1. The van der Waals surface area contributed by atoms with Crippen LogP contribution in [0.5, 0.6) is 0 Å². The van der Waals surface area contributed by atoms with Crippen LogP contribution in [0, 0.1) is 47.4 Å². The van der Waals surface area contributed by atoms with E-state index in [0.29, 0.717) is 49.9 Å². The average Bonchev–Trinajstić information content (AvgIpc) is 2.91. The molecule has 0 aromatic carbocycles. The molecule has 0 spiro atoms. The second-order valence-electron chi connectivity index (χ2n) is 16.1. The van der Waals surface area contributed by atoms with Crippen molar-refractivity contribution < 1.29 is 18.4 Å². The lowest BCUT2D eigenvalue weighted by molar-refractivity contribution is 0.0961. The molecule has 4 atom stereocenters. The molecule has 1 unspecified atom stereocenters. The first-order valence-electron chi connectivity index (χ1n) is 17.9. The third-order valence-electron chi connectivity index (χ3n) is 10.7. The van der Waals surface area contributed by atoms with Crippen molar-refractivity contribution in [1.82, 2.24) is 0 Å². The normalized spacial score (nSPS) is 21.2. The van der Waals surface area contributed by atoms with Crippen molar-refractivity contribution in [1.29, 1.82) is 0 Å². The summed E-state index contributed by atoms with van der Waals surface area (Å²) in [6.45, 7) is 40.8. The molecule has 0 heterocycles. The Morgan fingerprint density at radius 1 is 0.348 bits per heavy atom. The van der Waals surface area contributed by atoms with Gasteiger partial charge in [0.1, 0.15) is 18.3 Å². The Labute approximate surface area is 288 Å². The van der Waals surface area contributed by atoms with Gasteiger partial charge in [-0.2, -0.15) is 0 Å².